The average Bonchev–Trinajstić information content (AvgIpc) is 2.66. The van der Waals surface area contributed by atoms with Crippen molar-refractivity contribution in [1.29, 1.82) is 0 Å². The maximum Gasteiger partial charge on any atom is 0.349 e. The topological polar surface area (TPSA) is 71.8 Å². The fraction of sp³-hybridized carbons (Fsp3) is 0.478. The smallest absolute Gasteiger partial charge is 0.349 e. The number of nitrogens with one attached hydrogen (secondary N) is 1. The summed E-state index contributed by atoms with van der Waals surface area (Å²) in [6.45, 7) is 6.37. The van der Waals surface area contributed by atoms with Gasteiger partial charge in [0.1, 0.15) is 11.3 Å². The molecule has 2 aliphatic rings. The third kappa shape index (κ3) is 4.77. The molecule has 0 atom stereocenters. The van der Waals surface area contributed by atoms with Gasteiger partial charge in [0.25, 0.3) is 5.91 Å². The molecule has 0 radical (unpaired) electrons. The van der Waals surface area contributed by atoms with Crippen LogP contribution in [0.1, 0.15) is 52.4 Å². The van der Waals surface area contributed by atoms with Crippen molar-refractivity contribution in [2.24, 2.45) is 0 Å². The Kier molecular flexibility index (Phi) is 6.11. The van der Waals surface area contributed by atoms with Crippen molar-refractivity contribution >= 4 is 11.6 Å². The van der Waals surface area contributed by atoms with Crippen LogP contribution in [0.25, 0.3) is 0 Å². The first-order valence-electron chi connectivity index (χ1n) is 10.4. The number of benzene rings is 1. The molecule has 0 bridgehead atoms. The maximum absolute atomic E-state index is 12.6. The molecule has 1 aromatic heterocycles. The molecule has 1 aliphatic heterocycles. The number of carbonyl (C=O) groups excluding carboxylic acids is 1. The summed E-state index contributed by atoms with van der Waals surface area (Å²) in [6, 6.07) is 9.64. The summed E-state index contributed by atoms with van der Waals surface area (Å²) in [5, 5.41) is 2.82. The summed E-state index contributed by atoms with van der Waals surface area (Å²) in [5.41, 5.74) is 2.10. The first kappa shape index (κ1) is 19.9. The third-order valence-electron chi connectivity index (χ3n) is 5.93. The molecule has 2 aromatic rings. The number of hydrogen-bond donors (Lipinski definition) is 1. The van der Waals surface area contributed by atoms with E-state index in [2.05, 4.69) is 10.2 Å². The highest BCUT2D eigenvalue weighted by Gasteiger charge is 2.25. The van der Waals surface area contributed by atoms with Crippen molar-refractivity contribution < 1.29 is 13.9 Å². The van der Waals surface area contributed by atoms with Crippen LogP contribution in [0.5, 0.6) is 0 Å². The first-order chi connectivity index (χ1) is 14.1. The number of morpholine rings is 1. The fourth-order valence-corrected chi connectivity index (χ4v) is 3.86. The minimum absolute atomic E-state index is 0.0875. The standard InChI is InChI=1S/C23H28N2O4/c1-16-15-20(18-3-2-4-18)29-23(27)21(16)22(26)24-19-7-5-17(6-8-19)9-10-25-11-13-28-14-12-25/h5-8,15,18H,2-4,9-14H2,1H3,(H,24,26). The molecule has 1 saturated carbocycles. The van der Waals surface area contributed by atoms with E-state index in [1.807, 2.05) is 30.3 Å². The number of hydrogen-bond acceptors (Lipinski definition) is 5. The number of carbonyl (C=O) groups is 1. The van der Waals surface area contributed by atoms with Crippen LogP contribution >= 0.6 is 0 Å². The van der Waals surface area contributed by atoms with Gasteiger partial charge in [0.05, 0.1) is 13.2 Å². The van der Waals surface area contributed by atoms with Crippen molar-refractivity contribution in [2.75, 3.05) is 38.2 Å². The van der Waals surface area contributed by atoms with Crippen molar-refractivity contribution in [1.82, 2.24) is 4.90 Å². The predicted octanol–water partition coefficient (Wildman–Crippen LogP) is 3.34. The van der Waals surface area contributed by atoms with Crippen LogP contribution < -0.4 is 10.9 Å². The van der Waals surface area contributed by atoms with E-state index in [0.29, 0.717) is 22.9 Å². The van der Waals surface area contributed by atoms with Gasteiger partial charge in [-0.3, -0.25) is 9.69 Å². The highest BCUT2D eigenvalue weighted by atomic mass is 16.5. The van der Waals surface area contributed by atoms with E-state index in [0.717, 1.165) is 58.5 Å². The summed E-state index contributed by atoms with van der Waals surface area (Å²) in [5.74, 6) is 0.612. The molecule has 6 nitrogen and oxygen atoms in total. The Hall–Kier alpha value is -2.44. The van der Waals surface area contributed by atoms with Gasteiger partial charge in [0.15, 0.2) is 0 Å². The van der Waals surface area contributed by atoms with E-state index < -0.39 is 11.5 Å². The van der Waals surface area contributed by atoms with Gasteiger partial charge >= 0.3 is 5.63 Å². The van der Waals surface area contributed by atoms with Crippen LogP contribution in [0.4, 0.5) is 5.69 Å². The zero-order valence-electron chi connectivity index (χ0n) is 16.9. The summed E-state index contributed by atoms with van der Waals surface area (Å²) in [4.78, 5) is 27.4. The van der Waals surface area contributed by atoms with Crippen LogP contribution in [-0.4, -0.2) is 43.7 Å². The Morgan fingerprint density at radius 1 is 1.17 bits per heavy atom. The molecule has 1 aromatic carbocycles. The zero-order chi connectivity index (χ0) is 20.2. The van der Waals surface area contributed by atoms with E-state index in [1.165, 1.54) is 5.56 Å². The number of nitrogens with zero attached hydrogens (tertiary/aromatic N) is 1. The molecule has 0 spiro atoms. The second-order valence-corrected chi connectivity index (χ2v) is 7.98. The Morgan fingerprint density at radius 3 is 2.52 bits per heavy atom. The molecule has 2 fully saturated rings. The van der Waals surface area contributed by atoms with Gasteiger partial charge in [0.2, 0.25) is 0 Å². The highest BCUT2D eigenvalue weighted by molar-refractivity contribution is 6.04. The predicted molar refractivity (Wildman–Crippen MR) is 112 cm³/mol. The van der Waals surface area contributed by atoms with E-state index in [-0.39, 0.29) is 5.56 Å². The number of aryl methyl sites for hydroxylation is 1. The molecule has 1 aliphatic carbocycles. The molecule has 0 unspecified atom stereocenters. The van der Waals surface area contributed by atoms with Crippen LogP contribution in [0, 0.1) is 6.92 Å². The number of amides is 1. The Morgan fingerprint density at radius 2 is 1.90 bits per heavy atom. The quantitative estimate of drug-likeness (QED) is 0.811. The largest absolute Gasteiger partial charge is 0.427 e. The van der Waals surface area contributed by atoms with E-state index in [9.17, 15) is 9.59 Å². The van der Waals surface area contributed by atoms with Crippen LogP contribution in [0.3, 0.4) is 0 Å². The summed E-state index contributed by atoms with van der Waals surface area (Å²) >= 11 is 0. The van der Waals surface area contributed by atoms with E-state index >= 15 is 0 Å². The molecule has 2 heterocycles. The van der Waals surface area contributed by atoms with Crippen molar-refractivity contribution in [3.8, 4) is 0 Å². The molecular weight excluding hydrogens is 368 g/mol. The normalized spacial score (nSPS) is 17.7. The molecule has 4 rings (SSSR count). The lowest BCUT2D eigenvalue weighted by Crippen LogP contribution is -2.37. The summed E-state index contributed by atoms with van der Waals surface area (Å²) in [7, 11) is 0. The molecule has 29 heavy (non-hydrogen) atoms. The SMILES string of the molecule is Cc1cc(C2CCC2)oc(=O)c1C(=O)Nc1ccc(CCN2CCOCC2)cc1. The van der Waals surface area contributed by atoms with Crippen molar-refractivity contribution in [2.45, 2.75) is 38.5 Å². The van der Waals surface area contributed by atoms with Gasteiger partial charge in [-0.2, -0.15) is 0 Å². The average molecular weight is 396 g/mol. The summed E-state index contributed by atoms with van der Waals surface area (Å²) in [6.07, 6.45) is 4.22. The fourth-order valence-electron chi connectivity index (χ4n) is 3.86. The van der Waals surface area contributed by atoms with Crippen LogP contribution in [0.2, 0.25) is 0 Å². The zero-order valence-corrected chi connectivity index (χ0v) is 16.9. The van der Waals surface area contributed by atoms with Crippen LogP contribution in [0.15, 0.2) is 39.5 Å². The van der Waals surface area contributed by atoms with E-state index in [4.69, 9.17) is 9.15 Å². The van der Waals surface area contributed by atoms with Crippen LogP contribution in [-0.2, 0) is 11.2 Å². The number of anilines is 1. The lowest BCUT2D eigenvalue weighted by atomic mass is 9.83. The number of ether oxygens (including phenoxy) is 1. The van der Waals surface area contributed by atoms with Gasteiger partial charge in [-0.05, 0) is 55.5 Å². The molecule has 1 amide bonds. The lowest BCUT2D eigenvalue weighted by molar-refractivity contribution is 0.0384. The molecule has 1 saturated heterocycles. The van der Waals surface area contributed by atoms with Gasteiger partial charge in [-0.15, -0.1) is 0 Å². The third-order valence-corrected chi connectivity index (χ3v) is 5.93. The van der Waals surface area contributed by atoms with Gasteiger partial charge < -0.3 is 14.5 Å². The highest BCUT2D eigenvalue weighted by Crippen LogP contribution is 2.36. The lowest BCUT2D eigenvalue weighted by Gasteiger charge is -2.26. The van der Waals surface area contributed by atoms with Gasteiger partial charge in [0, 0.05) is 31.2 Å². The first-order valence-corrected chi connectivity index (χ1v) is 10.4. The molecule has 154 valence electrons. The molecule has 1 N–H and O–H groups in total. The second-order valence-electron chi connectivity index (χ2n) is 7.98. The summed E-state index contributed by atoms with van der Waals surface area (Å²) < 4.78 is 10.8. The van der Waals surface area contributed by atoms with Gasteiger partial charge in [-0.1, -0.05) is 18.6 Å². The molecular formula is C23H28N2O4. The Labute approximate surface area is 170 Å². The van der Waals surface area contributed by atoms with Crippen molar-refractivity contribution in [3.05, 3.63) is 63.2 Å². The second kappa shape index (κ2) is 8.93. The minimum atomic E-state index is -0.550. The Balaban J connectivity index is 1.37. The van der Waals surface area contributed by atoms with E-state index in [1.54, 1.807) is 6.92 Å². The number of rotatable bonds is 6. The maximum atomic E-state index is 12.6. The molecule has 6 heteroatoms. The minimum Gasteiger partial charge on any atom is -0.427 e. The van der Waals surface area contributed by atoms with Crippen molar-refractivity contribution in [3.63, 3.8) is 0 Å². The van der Waals surface area contributed by atoms with Gasteiger partial charge in [-0.25, -0.2) is 4.79 Å². The monoisotopic (exact) mass is 396 g/mol. The Bertz CT molecular complexity index is 909.